The lowest BCUT2D eigenvalue weighted by atomic mass is 10.1. The minimum atomic E-state index is -0.622. The van der Waals surface area contributed by atoms with Gasteiger partial charge in [-0.25, -0.2) is 0 Å². The van der Waals surface area contributed by atoms with Crippen molar-refractivity contribution in [3.05, 3.63) is 53.5 Å². The number of amides is 1. The summed E-state index contributed by atoms with van der Waals surface area (Å²) >= 11 is 0. The van der Waals surface area contributed by atoms with Gasteiger partial charge in [-0.15, -0.1) is 0 Å². The summed E-state index contributed by atoms with van der Waals surface area (Å²) in [5.74, 6) is 0.675. The molecule has 1 atom stereocenters. The van der Waals surface area contributed by atoms with E-state index in [9.17, 15) is 9.90 Å². The highest BCUT2D eigenvalue weighted by Crippen LogP contribution is 2.23. The Bertz CT molecular complexity index is 974. The Kier molecular flexibility index (Phi) is 4.87. The van der Waals surface area contributed by atoms with Gasteiger partial charge in [0.1, 0.15) is 11.4 Å². The number of aromatic nitrogens is 4. The molecule has 1 aromatic carbocycles. The highest BCUT2D eigenvalue weighted by molar-refractivity contribution is 5.93. The number of carbonyl (C=O) groups is 1. The molecular formula is C20H23N5O3. The van der Waals surface area contributed by atoms with Crippen molar-refractivity contribution < 1.29 is 14.6 Å². The molecule has 0 saturated carbocycles. The van der Waals surface area contributed by atoms with Gasteiger partial charge >= 0.3 is 0 Å². The summed E-state index contributed by atoms with van der Waals surface area (Å²) in [7, 11) is 1.62. The number of nitrogens with zero attached hydrogens (tertiary/aromatic N) is 4. The van der Waals surface area contributed by atoms with Crippen molar-refractivity contribution >= 4 is 5.91 Å². The van der Waals surface area contributed by atoms with Crippen molar-refractivity contribution in [3.8, 4) is 17.0 Å². The molecule has 1 aliphatic heterocycles. The Morgan fingerprint density at radius 3 is 2.75 bits per heavy atom. The Morgan fingerprint density at radius 1 is 1.25 bits per heavy atom. The van der Waals surface area contributed by atoms with E-state index in [0.29, 0.717) is 30.2 Å². The Balaban J connectivity index is 1.53. The molecule has 0 spiro atoms. The van der Waals surface area contributed by atoms with Crippen LogP contribution in [0.5, 0.6) is 5.75 Å². The number of hydrogen-bond donors (Lipinski definition) is 2. The topological polar surface area (TPSA) is 96.3 Å². The monoisotopic (exact) mass is 381 g/mol. The van der Waals surface area contributed by atoms with Crippen LogP contribution in [0, 0.1) is 0 Å². The first-order valence-corrected chi connectivity index (χ1v) is 9.29. The first-order valence-electron chi connectivity index (χ1n) is 9.29. The summed E-state index contributed by atoms with van der Waals surface area (Å²) in [6.45, 7) is 3.51. The van der Waals surface area contributed by atoms with E-state index >= 15 is 0 Å². The number of aliphatic hydroxyl groups excluding tert-OH is 1. The van der Waals surface area contributed by atoms with Crippen LogP contribution in [-0.2, 0) is 13.1 Å². The molecule has 3 heterocycles. The Morgan fingerprint density at radius 2 is 2.04 bits per heavy atom. The van der Waals surface area contributed by atoms with Crippen LogP contribution >= 0.6 is 0 Å². The second-order valence-corrected chi connectivity index (χ2v) is 6.94. The Labute approximate surface area is 162 Å². The van der Waals surface area contributed by atoms with Crippen molar-refractivity contribution in [1.82, 2.24) is 24.9 Å². The van der Waals surface area contributed by atoms with Crippen molar-refractivity contribution in [2.24, 2.45) is 0 Å². The average Bonchev–Trinajstić information content (AvgIpc) is 3.30. The van der Waals surface area contributed by atoms with E-state index < -0.39 is 6.10 Å². The molecule has 0 unspecified atom stereocenters. The molecule has 146 valence electrons. The molecular weight excluding hydrogens is 358 g/mol. The Hall–Kier alpha value is -3.13. The molecule has 8 heteroatoms. The number of nitrogens with one attached hydrogen (secondary N) is 1. The van der Waals surface area contributed by atoms with Crippen LogP contribution in [0.15, 0.2) is 36.4 Å². The van der Waals surface area contributed by atoms with Crippen molar-refractivity contribution in [1.29, 1.82) is 0 Å². The van der Waals surface area contributed by atoms with Gasteiger partial charge in [0.2, 0.25) is 0 Å². The summed E-state index contributed by atoms with van der Waals surface area (Å²) < 4.78 is 7.05. The molecule has 0 fully saturated rings. The van der Waals surface area contributed by atoms with Crippen LogP contribution in [0.1, 0.15) is 41.3 Å². The van der Waals surface area contributed by atoms with Gasteiger partial charge in [0.05, 0.1) is 36.8 Å². The standard InChI is InChI=1S/C20H23N5O3/c1-13(26)17-10-15-12-24(8-3-9-25(15)23-17)20(27)19-11-18(21-22-19)14-4-6-16(28-2)7-5-14/h4-7,10-11,13,26H,3,8-9,12H2,1-2H3,(H,21,22)/t13-/m1/s1. The van der Waals surface area contributed by atoms with E-state index in [1.807, 2.05) is 35.0 Å². The molecule has 8 nitrogen and oxygen atoms in total. The SMILES string of the molecule is COc1ccc(-c2cc(C(=O)N3CCCn4nc([C@@H](C)O)cc4C3)[nH]n2)cc1. The molecule has 3 aromatic rings. The van der Waals surface area contributed by atoms with E-state index in [2.05, 4.69) is 15.3 Å². The van der Waals surface area contributed by atoms with Crippen LogP contribution in [0.2, 0.25) is 0 Å². The fourth-order valence-corrected chi connectivity index (χ4v) is 3.37. The number of rotatable bonds is 4. The lowest BCUT2D eigenvalue weighted by Gasteiger charge is -2.18. The van der Waals surface area contributed by atoms with Crippen molar-refractivity contribution in [2.45, 2.75) is 32.5 Å². The summed E-state index contributed by atoms with van der Waals surface area (Å²) in [5, 5.41) is 21.3. The average molecular weight is 381 g/mol. The third-order valence-corrected chi connectivity index (χ3v) is 4.94. The highest BCUT2D eigenvalue weighted by Gasteiger charge is 2.24. The number of aryl methyl sites for hydroxylation is 1. The lowest BCUT2D eigenvalue weighted by Crippen LogP contribution is -2.31. The maximum atomic E-state index is 13.0. The summed E-state index contributed by atoms with van der Waals surface area (Å²) in [5.41, 5.74) is 3.63. The van der Waals surface area contributed by atoms with Crippen molar-refractivity contribution in [2.75, 3.05) is 13.7 Å². The molecule has 2 N–H and O–H groups in total. The predicted molar refractivity (Wildman–Crippen MR) is 103 cm³/mol. The van der Waals surface area contributed by atoms with E-state index in [1.165, 1.54) is 0 Å². The van der Waals surface area contributed by atoms with Gasteiger partial charge < -0.3 is 14.7 Å². The van der Waals surface area contributed by atoms with E-state index in [0.717, 1.165) is 30.0 Å². The molecule has 0 radical (unpaired) electrons. The number of methoxy groups -OCH3 is 1. The fraction of sp³-hybridized carbons (Fsp3) is 0.350. The molecule has 1 aliphatic rings. The number of carbonyl (C=O) groups excluding carboxylic acids is 1. The lowest BCUT2D eigenvalue weighted by molar-refractivity contribution is 0.0739. The minimum absolute atomic E-state index is 0.0968. The van der Waals surface area contributed by atoms with Gasteiger partial charge in [-0.3, -0.25) is 14.6 Å². The molecule has 28 heavy (non-hydrogen) atoms. The number of hydrogen-bond acceptors (Lipinski definition) is 5. The largest absolute Gasteiger partial charge is 0.497 e. The van der Waals surface area contributed by atoms with Crippen LogP contribution < -0.4 is 4.74 Å². The predicted octanol–water partition coefficient (Wildman–Crippen LogP) is 2.38. The van der Waals surface area contributed by atoms with Gasteiger partial charge in [0.15, 0.2) is 0 Å². The maximum absolute atomic E-state index is 13.0. The molecule has 4 rings (SSSR count). The molecule has 0 saturated heterocycles. The van der Waals surface area contributed by atoms with Crippen LogP contribution in [0.3, 0.4) is 0 Å². The van der Waals surface area contributed by atoms with Gasteiger partial charge in [0, 0.05) is 18.7 Å². The minimum Gasteiger partial charge on any atom is -0.497 e. The quantitative estimate of drug-likeness (QED) is 0.723. The first-order chi connectivity index (χ1) is 13.5. The number of aromatic amines is 1. The third kappa shape index (κ3) is 3.50. The smallest absolute Gasteiger partial charge is 0.272 e. The number of H-pyrrole nitrogens is 1. The summed E-state index contributed by atoms with van der Waals surface area (Å²) in [6, 6.07) is 11.2. The number of benzene rings is 1. The molecule has 1 amide bonds. The number of fused-ring (bicyclic) bond motifs is 1. The second kappa shape index (κ2) is 7.47. The zero-order chi connectivity index (χ0) is 19.7. The normalized spacial score (nSPS) is 15.0. The molecule has 0 bridgehead atoms. The number of ether oxygens (including phenoxy) is 1. The van der Waals surface area contributed by atoms with Crippen molar-refractivity contribution in [3.63, 3.8) is 0 Å². The summed E-state index contributed by atoms with van der Waals surface area (Å²) in [4.78, 5) is 14.8. The van der Waals surface area contributed by atoms with Gasteiger partial charge in [0.25, 0.3) is 5.91 Å². The first kappa shape index (κ1) is 18.2. The maximum Gasteiger partial charge on any atom is 0.272 e. The van der Waals surface area contributed by atoms with E-state index in [4.69, 9.17) is 4.74 Å². The van der Waals surface area contributed by atoms with Gasteiger partial charge in [-0.05, 0) is 49.7 Å². The molecule has 2 aromatic heterocycles. The van der Waals surface area contributed by atoms with Crippen LogP contribution in [-0.4, -0.2) is 49.5 Å². The highest BCUT2D eigenvalue weighted by atomic mass is 16.5. The number of aliphatic hydroxyl groups is 1. The van der Waals surface area contributed by atoms with Crippen LogP contribution in [0.4, 0.5) is 0 Å². The van der Waals surface area contributed by atoms with Gasteiger partial charge in [-0.2, -0.15) is 10.2 Å². The van der Waals surface area contributed by atoms with E-state index in [1.54, 1.807) is 25.0 Å². The zero-order valence-electron chi connectivity index (χ0n) is 15.9. The van der Waals surface area contributed by atoms with Crippen LogP contribution in [0.25, 0.3) is 11.3 Å². The zero-order valence-corrected chi connectivity index (χ0v) is 15.9. The van der Waals surface area contributed by atoms with E-state index in [-0.39, 0.29) is 5.91 Å². The second-order valence-electron chi connectivity index (χ2n) is 6.94. The molecule has 0 aliphatic carbocycles. The summed E-state index contributed by atoms with van der Waals surface area (Å²) in [6.07, 6.45) is 0.183. The third-order valence-electron chi connectivity index (χ3n) is 4.94. The van der Waals surface area contributed by atoms with Gasteiger partial charge in [-0.1, -0.05) is 0 Å². The fourth-order valence-electron chi connectivity index (χ4n) is 3.37.